The maximum absolute atomic E-state index is 13.4. The number of hydrogen-bond donors (Lipinski definition) is 1. The summed E-state index contributed by atoms with van der Waals surface area (Å²) in [7, 11) is 1.31. The predicted molar refractivity (Wildman–Crippen MR) is 158 cm³/mol. The molecule has 1 fully saturated rings. The van der Waals surface area contributed by atoms with E-state index in [0.29, 0.717) is 36.7 Å². The van der Waals surface area contributed by atoms with Gasteiger partial charge in [0.15, 0.2) is 0 Å². The lowest BCUT2D eigenvalue weighted by Crippen LogP contribution is -2.42. The highest BCUT2D eigenvalue weighted by Gasteiger charge is 2.27. The van der Waals surface area contributed by atoms with Crippen molar-refractivity contribution >= 4 is 23.7 Å². The maximum atomic E-state index is 13.4. The molecule has 1 N–H and O–H groups in total. The number of esters is 1. The van der Waals surface area contributed by atoms with Crippen molar-refractivity contribution in [3.63, 3.8) is 0 Å². The van der Waals surface area contributed by atoms with Crippen LogP contribution in [0.3, 0.4) is 0 Å². The minimum Gasteiger partial charge on any atom is -0.493 e. The van der Waals surface area contributed by atoms with E-state index in [9.17, 15) is 14.4 Å². The van der Waals surface area contributed by atoms with Gasteiger partial charge in [-0.15, -0.1) is 0 Å². The van der Waals surface area contributed by atoms with E-state index in [2.05, 4.69) is 5.32 Å². The van der Waals surface area contributed by atoms with E-state index < -0.39 is 11.6 Å². The lowest BCUT2D eigenvalue weighted by atomic mass is 9.98. The molecule has 8 heteroatoms. The molecule has 8 nitrogen and oxygen atoms in total. The smallest absolute Gasteiger partial charge is 0.410 e. The molecule has 0 radical (unpaired) electrons. The van der Waals surface area contributed by atoms with Crippen LogP contribution in [-0.2, 0) is 9.47 Å². The van der Waals surface area contributed by atoms with Crippen molar-refractivity contribution in [2.75, 3.05) is 32.1 Å². The monoisotopic (exact) mass is 558 g/mol. The summed E-state index contributed by atoms with van der Waals surface area (Å²) in [4.78, 5) is 40.0. The summed E-state index contributed by atoms with van der Waals surface area (Å²) < 4.78 is 16.5. The van der Waals surface area contributed by atoms with E-state index in [1.54, 1.807) is 23.1 Å². The first-order chi connectivity index (χ1) is 19.5. The van der Waals surface area contributed by atoms with Gasteiger partial charge in [-0.2, -0.15) is 0 Å². The third-order valence-corrected chi connectivity index (χ3v) is 6.99. The largest absolute Gasteiger partial charge is 0.493 e. The summed E-state index contributed by atoms with van der Waals surface area (Å²) in [5.74, 6) is -0.0161. The maximum Gasteiger partial charge on any atom is 0.410 e. The standard InChI is InChI=1S/C33H38N2O6/c1-22-11-13-26(40-21-23-15-17-35(18-16-23)32(38)41-33(2,3)4)20-28(22)30(36)34-29-19-25(24-9-7-6-8-10-24)12-14-27(29)31(37)39-5/h6-14,19-20,23H,15-18,21H2,1-5H3,(H,34,36). The number of likely N-dealkylation sites (tertiary alicyclic amines) is 1. The van der Waals surface area contributed by atoms with Gasteiger partial charge in [-0.3, -0.25) is 4.79 Å². The number of amides is 2. The summed E-state index contributed by atoms with van der Waals surface area (Å²) >= 11 is 0. The Kier molecular flexibility index (Phi) is 9.32. The fourth-order valence-electron chi connectivity index (χ4n) is 4.69. The average molecular weight is 559 g/mol. The molecule has 2 amide bonds. The second-order valence-corrected chi connectivity index (χ2v) is 11.3. The van der Waals surface area contributed by atoms with Gasteiger partial charge in [0.25, 0.3) is 5.91 Å². The number of methoxy groups -OCH3 is 1. The van der Waals surface area contributed by atoms with Crippen molar-refractivity contribution in [1.29, 1.82) is 0 Å². The molecule has 3 aromatic rings. The highest BCUT2D eigenvalue weighted by atomic mass is 16.6. The van der Waals surface area contributed by atoms with Crippen LogP contribution in [-0.4, -0.2) is 55.3 Å². The van der Waals surface area contributed by atoms with E-state index in [-0.39, 0.29) is 23.5 Å². The van der Waals surface area contributed by atoms with Crippen LogP contribution < -0.4 is 10.1 Å². The van der Waals surface area contributed by atoms with Crippen LogP contribution in [0.15, 0.2) is 66.7 Å². The Morgan fingerprint density at radius 2 is 1.61 bits per heavy atom. The molecule has 1 aliphatic rings. The number of nitrogens with one attached hydrogen (secondary N) is 1. The van der Waals surface area contributed by atoms with Gasteiger partial charge >= 0.3 is 12.1 Å². The van der Waals surface area contributed by atoms with Crippen molar-refractivity contribution in [2.45, 2.75) is 46.1 Å². The minimum atomic E-state index is -0.536. The van der Waals surface area contributed by atoms with Crippen LogP contribution in [0.1, 0.15) is 59.9 Å². The van der Waals surface area contributed by atoms with Gasteiger partial charge in [0.1, 0.15) is 11.4 Å². The van der Waals surface area contributed by atoms with E-state index in [0.717, 1.165) is 29.5 Å². The summed E-state index contributed by atoms with van der Waals surface area (Å²) in [5, 5.41) is 2.91. The summed E-state index contributed by atoms with van der Waals surface area (Å²) in [6.45, 7) is 9.17. The zero-order valence-electron chi connectivity index (χ0n) is 24.4. The van der Waals surface area contributed by atoms with Gasteiger partial charge < -0.3 is 24.4 Å². The second-order valence-electron chi connectivity index (χ2n) is 11.3. The number of benzene rings is 3. The van der Waals surface area contributed by atoms with Crippen LogP contribution >= 0.6 is 0 Å². The van der Waals surface area contributed by atoms with Crippen LogP contribution in [0.4, 0.5) is 10.5 Å². The molecule has 1 saturated heterocycles. The molecular weight excluding hydrogens is 520 g/mol. The number of piperidine rings is 1. The molecule has 0 spiro atoms. The molecule has 4 rings (SSSR count). The molecule has 1 aliphatic heterocycles. The van der Waals surface area contributed by atoms with E-state index in [4.69, 9.17) is 14.2 Å². The summed E-state index contributed by atoms with van der Waals surface area (Å²) in [6, 6.07) is 20.4. The number of hydrogen-bond acceptors (Lipinski definition) is 6. The van der Waals surface area contributed by atoms with Crippen LogP contribution in [0.5, 0.6) is 5.75 Å². The normalized spacial score (nSPS) is 13.8. The van der Waals surface area contributed by atoms with Crippen molar-refractivity contribution in [1.82, 2.24) is 4.90 Å². The molecule has 0 saturated carbocycles. The molecule has 0 unspecified atom stereocenters. The lowest BCUT2D eigenvalue weighted by Gasteiger charge is -2.33. The van der Waals surface area contributed by atoms with E-state index >= 15 is 0 Å². The fourth-order valence-corrected chi connectivity index (χ4v) is 4.69. The highest BCUT2D eigenvalue weighted by molar-refractivity contribution is 6.09. The number of nitrogens with zero attached hydrogens (tertiary/aromatic N) is 1. The van der Waals surface area contributed by atoms with Crippen LogP contribution in [0.25, 0.3) is 11.1 Å². The van der Waals surface area contributed by atoms with Crippen molar-refractivity contribution in [3.05, 3.63) is 83.4 Å². The van der Waals surface area contributed by atoms with Crippen LogP contribution in [0.2, 0.25) is 0 Å². The summed E-state index contributed by atoms with van der Waals surface area (Å²) in [6.07, 6.45) is 1.34. The molecule has 0 aliphatic carbocycles. The number of rotatable bonds is 7. The van der Waals surface area contributed by atoms with E-state index in [1.165, 1.54) is 7.11 Å². The Hall–Kier alpha value is -4.33. The first kappa shape index (κ1) is 29.6. The van der Waals surface area contributed by atoms with E-state index in [1.807, 2.05) is 76.2 Å². The Morgan fingerprint density at radius 1 is 0.902 bits per heavy atom. The van der Waals surface area contributed by atoms with Gasteiger partial charge in [-0.05, 0) is 87.4 Å². The number of anilines is 1. The van der Waals surface area contributed by atoms with Crippen molar-refractivity contribution in [3.8, 4) is 16.9 Å². The topological polar surface area (TPSA) is 94.2 Å². The van der Waals surface area contributed by atoms with Gasteiger partial charge in [-0.1, -0.05) is 42.5 Å². The molecule has 0 atom stereocenters. The third-order valence-electron chi connectivity index (χ3n) is 6.99. The van der Waals surface area contributed by atoms with Gasteiger partial charge in [0.05, 0.1) is 25.0 Å². The molecule has 0 bridgehead atoms. The predicted octanol–water partition coefficient (Wildman–Crippen LogP) is 6.73. The molecule has 216 valence electrons. The highest BCUT2D eigenvalue weighted by Crippen LogP contribution is 2.28. The van der Waals surface area contributed by atoms with Crippen LogP contribution in [0, 0.1) is 12.8 Å². The van der Waals surface area contributed by atoms with Crippen molar-refractivity contribution < 1.29 is 28.6 Å². The lowest BCUT2D eigenvalue weighted by molar-refractivity contribution is 0.0164. The van der Waals surface area contributed by atoms with Crippen molar-refractivity contribution in [2.24, 2.45) is 5.92 Å². The molecule has 3 aromatic carbocycles. The average Bonchev–Trinajstić information content (AvgIpc) is 2.96. The Labute approximate surface area is 241 Å². The summed E-state index contributed by atoms with van der Waals surface area (Å²) in [5.41, 5.74) is 3.16. The first-order valence-corrected chi connectivity index (χ1v) is 13.8. The SMILES string of the molecule is COC(=O)c1ccc(-c2ccccc2)cc1NC(=O)c1cc(OCC2CCN(C(=O)OC(C)(C)C)CC2)ccc1C. The zero-order chi connectivity index (χ0) is 29.6. The zero-order valence-corrected chi connectivity index (χ0v) is 24.4. The Morgan fingerprint density at radius 3 is 2.27 bits per heavy atom. The number of carbonyl (C=O) groups is 3. The quantitative estimate of drug-likeness (QED) is 0.323. The Bertz CT molecular complexity index is 1390. The number of aryl methyl sites for hydroxylation is 1. The fraction of sp³-hybridized carbons (Fsp3) is 0.364. The molecular formula is C33H38N2O6. The molecule has 1 heterocycles. The van der Waals surface area contributed by atoms with Gasteiger partial charge in [0, 0.05) is 18.7 Å². The minimum absolute atomic E-state index is 0.267. The Balaban J connectivity index is 1.43. The third kappa shape index (κ3) is 7.87. The first-order valence-electron chi connectivity index (χ1n) is 13.8. The number of carbonyl (C=O) groups excluding carboxylic acids is 3. The molecule has 0 aromatic heterocycles. The number of ether oxygens (including phenoxy) is 3. The second kappa shape index (κ2) is 12.9. The van der Waals surface area contributed by atoms with Gasteiger partial charge in [0.2, 0.25) is 0 Å². The molecule has 41 heavy (non-hydrogen) atoms. The van der Waals surface area contributed by atoms with Gasteiger partial charge in [-0.25, -0.2) is 9.59 Å².